The number of hydrogen-bond donors (Lipinski definition) is 1. The number of methoxy groups -OCH3 is 1. The highest BCUT2D eigenvalue weighted by atomic mass is 16.5. The number of hydrogen-bond acceptors (Lipinski definition) is 4. The Morgan fingerprint density at radius 2 is 1.73 bits per heavy atom. The predicted molar refractivity (Wildman–Crippen MR) is 102 cm³/mol. The van der Waals surface area contributed by atoms with Crippen LogP contribution in [0.3, 0.4) is 0 Å². The van der Waals surface area contributed by atoms with E-state index in [-0.39, 0.29) is 5.91 Å². The van der Waals surface area contributed by atoms with E-state index in [0.29, 0.717) is 23.4 Å². The summed E-state index contributed by atoms with van der Waals surface area (Å²) in [6, 6.07) is 11.0. The lowest BCUT2D eigenvalue weighted by molar-refractivity contribution is -0.122. The lowest BCUT2D eigenvalue weighted by Gasteiger charge is -2.20. The number of aryl methyl sites for hydroxylation is 3. The Labute approximate surface area is 154 Å². The van der Waals surface area contributed by atoms with Gasteiger partial charge in [-0.05, 0) is 62.1 Å². The summed E-state index contributed by atoms with van der Waals surface area (Å²) in [7, 11) is 1.32. The first kappa shape index (κ1) is 19.5. The molecule has 0 saturated heterocycles. The van der Waals surface area contributed by atoms with Gasteiger partial charge in [0.15, 0.2) is 6.10 Å². The molecule has 26 heavy (non-hydrogen) atoms. The van der Waals surface area contributed by atoms with Crippen molar-refractivity contribution in [3.8, 4) is 5.75 Å². The van der Waals surface area contributed by atoms with Crippen LogP contribution in [-0.4, -0.2) is 25.1 Å². The summed E-state index contributed by atoms with van der Waals surface area (Å²) in [5.74, 6) is 0.00438. The molecule has 5 nitrogen and oxygen atoms in total. The maximum Gasteiger partial charge on any atom is 0.337 e. The molecule has 0 spiro atoms. The first-order valence-corrected chi connectivity index (χ1v) is 8.59. The Morgan fingerprint density at radius 3 is 2.38 bits per heavy atom. The highest BCUT2D eigenvalue weighted by molar-refractivity contribution is 5.97. The number of anilines is 1. The third kappa shape index (κ3) is 4.63. The molecule has 2 aromatic rings. The fourth-order valence-corrected chi connectivity index (χ4v) is 2.52. The molecule has 2 aromatic carbocycles. The van der Waals surface area contributed by atoms with Crippen LogP contribution in [0.4, 0.5) is 5.69 Å². The second-order valence-electron chi connectivity index (χ2n) is 6.29. The minimum absolute atomic E-state index is 0.251. The van der Waals surface area contributed by atoms with Gasteiger partial charge in [0.1, 0.15) is 5.75 Å². The smallest absolute Gasteiger partial charge is 0.337 e. The van der Waals surface area contributed by atoms with Crippen molar-refractivity contribution in [2.24, 2.45) is 0 Å². The SMILES string of the molecule is CCC(Oc1cc(C)ccc1C)C(=O)Nc1cc(C(=O)OC)ccc1C. The van der Waals surface area contributed by atoms with Crippen LogP contribution in [0.2, 0.25) is 0 Å². The molecule has 5 heteroatoms. The molecule has 0 heterocycles. The molecule has 138 valence electrons. The van der Waals surface area contributed by atoms with Crippen LogP contribution in [-0.2, 0) is 9.53 Å². The van der Waals surface area contributed by atoms with Crippen LogP contribution in [0.15, 0.2) is 36.4 Å². The van der Waals surface area contributed by atoms with E-state index in [1.165, 1.54) is 7.11 Å². The van der Waals surface area contributed by atoms with Gasteiger partial charge in [-0.25, -0.2) is 4.79 Å². The van der Waals surface area contributed by atoms with Crippen molar-refractivity contribution in [1.29, 1.82) is 0 Å². The molecule has 0 aliphatic carbocycles. The Bertz CT molecular complexity index is 814. The summed E-state index contributed by atoms with van der Waals surface area (Å²) >= 11 is 0. The Hall–Kier alpha value is -2.82. The highest BCUT2D eigenvalue weighted by Gasteiger charge is 2.20. The largest absolute Gasteiger partial charge is 0.480 e. The summed E-state index contributed by atoms with van der Waals surface area (Å²) < 4.78 is 10.7. The Morgan fingerprint density at radius 1 is 1.04 bits per heavy atom. The average Bonchev–Trinajstić information content (AvgIpc) is 2.63. The number of rotatable bonds is 6. The predicted octanol–water partition coefficient (Wildman–Crippen LogP) is 4.19. The quantitative estimate of drug-likeness (QED) is 0.789. The number of esters is 1. The summed E-state index contributed by atoms with van der Waals surface area (Å²) in [5, 5.41) is 2.86. The van der Waals surface area contributed by atoms with Gasteiger partial charge in [-0.15, -0.1) is 0 Å². The van der Waals surface area contributed by atoms with E-state index >= 15 is 0 Å². The molecule has 1 atom stereocenters. The Balaban J connectivity index is 2.19. The molecule has 0 aromatic heterocycles. The fourth-order valence-electron chi connectivity index (χ4n) is 2.52. The molecule has 0 saturated carbocycles. The molecule has 0 radical (unpaired) electrons. The number of carbonyl (C=O) groups is 2. The van der Waals surface area contributed by atoms with Crippen molar-refractivity contribution in [2.75, 3.05) is 12.4 Å². The van der Waals surface area contributed by atoms with Gasteiger partial charge in [-0.3, -0.25) is 4.79 Å². The average molecular weight is 355 g/mol. The normalized spacial score (nSPS) is 11.6. The highest BCUT2D eigenvalue weighted by Crippen LogP contribution is 2.23. The van der Waals surface area contributed by atoms with E-state index in [0.717, 1.165) is 16.7 Å². The molecular formula is C21H25NO4. The van der Waals surface area contributed by atoms with Crippen molar-refractivity contribution in [3.63, 3.8) is 0 Å². The zero-order chi connectivity index (χ0) is 19.3. The molecule has 1 amide bonds. The van der Waals surface area contributed by atoms with E-state index in [9.17, 15) is 9.59 Å². The minimum Gasteiger partial charge on any atom is -0.480 e. The zero-order valence-corrected chi connectivity index (χ0v) is 15.9. The van der Waals surface area contributed by atoms with Gasteiger partial charge in [-0.2, -0.15) is 0 Å². The standard InChI is InChI=1S/C21H25NO4/c1-6-18(26-19-11-13(2)7-8-15(19)4)20(23)22-17-12-16(21(24)25-5)10-9-14(17)3/h7-12,18H,6H2,1-5H3,(H,22,23). The third-order valence-electron chi connectivity index (χ3n) is 4.19. The van der Waals surface area contributed by atoms with E-state index < -0.39 is 12.1 Å². The number of benzene rings is 2. The van der Waals surface area contributed by atoms with Crippen LogP contribution in [0.25, 0.3) is 0 Å². The van der Waals surface area contributed by atoms with Crippen molar-refractivity contribution in [1.82, 2.24) is 0 Å². The summed E-state index contributed by atoms with van der Waals surface area (Å²) in [6.07, 6.45) is -0.105. The summed E-state index contributed by atoms with van der Waals surface area (Å²) in [5.41, 5.74) is 3.86. The van der Waals surface area contributed by atoms with Gasteiger partial charge in [0.2, 0.25) is 0 Å². The summed E-state index contributed by atoms with van der Waals surface area (Å²) in [6.45, 7) is 7.69. The zero-order valence-electron chi connectivity index (χ0n) is 15.9. The van der Waals surface area contributed by atoms with Gasteiger partial charge in [0, 0.05) is 5.69 Å². The topological polar surface area (TPSA) is 64.6 Å². The van der Waals surface area contributed by atoms with E-state index in [2.05, 4.69) is 5.32 Å². The van der Waals surface area contributed by atoms with Crippen molar-refractivity contribution >= 4 is 17.6 Å². The summed E-state index contributed by atoms with van der Waals surface area (Å²) in [4.78, 5) is 24.4. The van der Waals surface area contributed by atoms with Crippen molar-refractivity contribution < 1.29 is 19.1 Å². The van der Waals surface area contributed by atoms with E-state index in [4.69, 9.17) is 9.47 Å². The van der Waals surface area contributed by atoms with Crippen molar-refractivity contribution in [2.45, 2.75) is 40.2 Å². The van der Waals surface area contributed by atoms with Crippen LogP contribution >= 0.6 is 0 Å². The van der Waals surface area contributed by atoms with Crippen molar-refractivity contribution in [3.05, 3.63) is 58.7 Å². The minimum atomic E-state index is -0.628. The van der Waals surface area contributed by atoms with Crippen LogP contribution in [0.5, 0.6) is 5.75 Å². The monoisotopic (exact) mass is 355 g/mol. The number of amides is 1. The number of nitrogens with one attached hydrogen (secondary N) is 1. The maximum absolute atomic E-state index is 12.7. The Kier molecular flexibility index (Phi) is 6.39. The van der Waals surface area contributed by atoms with Gasteiger partial charge in [-0.1, -0.05) is 25.1 Å². The lowest BCUT2D eigenvalue weighted by Crippen LogP contribution is -2.32. The van der Waals surface area contributed by atoms with E-state index in [1.807, 2.05) is 45.9 Å². The number of ether oxygens (including phenoxy) is 2. The van der Waals surface area contributed by atoms with Crippen LogP contribution < -0.4 is 10.1 Å². The second-order valence-corrected chi connectivity index (χ2v) is 6.29. The van der Waals surface area contributed by atoms with Gasteiger partial charge in [0.25, 0.3) is 5.91 Å². The molecule has 1 N–H and O–H groups in total. The molecule has 0 bridgehead atoms. The van der Waals surface area contributed by atoms with Gasteiger partial charge >= 0.3 is 5.97 Å². The van der Waals surface area contributed by atoms with Crippen LogP contribution in [0.1, 0.15) is 40.4 Å². The molecule has 0 fully saturated rings. The maximum atomic E-state index is 12.7. The first-order chi connectivity index (χ1) is 12.3. The van der Waals surface area contributed by atoms with Crippen LogP contribution in [0, 0.1) is 20.8 Å². The van der Waals surface area contributed by atoms with E-state index in [1.54, 1.807) is 18.2 Å². The first-order valence-electron chi connectivity index (χ1n) is 8.59. The molecule has 2 rings (SSSR count). The second kappa shape index (κ2) is 8.52. The molecule has 0 aliphatic rings. The van der Waals surface area contributed by atoms with Gasteiger partial charge in [0.05, 0.1) is 12.7 Å². The lowest BCUT2D eigenvalue weighted by atomic mass is 10.1. The third-order valence-corrected chi connectivity index (χ3v) is 4.19. The van der Waals surface area contributed by atoms with Gasteiger partial charge < -0.3 is 14.8 Å². The molecule has 1 unspecified atom stereocenters. The number of carbonyl (C=O) groups excluding carboxylic acids is 2. The fraction of sp³-hybridized carbons (Fsp3) is 0.333. The molecule has 0 aliphatic heterocycles. The molecular weight excluding hydrogens is 330 g/mol.